The minimum Gasteiger partial charge on any atom is -0.493 e. The third kappa shape index (κ3) is 6.59. The summed E-state index contributed by atoms with van der Waals surface area (Å²) in [7, 11) is 1.57. The summed E-state index contributed by atoms with van der Waals surface area (Å²) in [6.07, 6.45) is 4.01. The Balaban J connectivity index is 1.30. The van der Waals surface area contributed by atoms with Crippen LogP contribution in [0.2, 0.25) is 5.02 Å². The van der Waals surface area contributed by atoms with Crippen molar-refractivity contribution in [2.24, 2.45) is 0 Å². The van der Waals surface area contributed by atoms with Crippen molar-refractivity contribution < 1.29 is 23.8 Å². The lowest BCUT2D eigenvalue weighted by Crippen LogP contribution is -2.32. The van der Waals surface area contributed by atoms with Crippen LogP contribution in [0.25, 0.3) is 16.8 Å². The summed E-state index contributed by atoms with van der Waals surface area (Å²) in [4.78, 5) is 27.5. The lowest BCUT2D eigenvalue weighted by Gasteiger charge is -2.16. The van der Waals surface area contributed by atoms with Crippen LogP contribution in [0.4, 0.5) is 4.79 Å². The van der Waals surface area contributed by atoms with E-state index in [0.717, 1.165) is 39.2 Å². The van der Waals surface area contributed by atoms with Gasteiger partial charge < -0.3 is 14.2 Å². The van der Waals surface area contributed by atoms with E-state index in [2.05, 4.69) is 6.58 Å². The maximum absolute atomic E-state index is 13.2. The van der Waals surface area contributed by atoms with Gasteiger partial charge in [-0.15, -0.1) is 6.58 Å². The van der Waals surface area contributed by atoms with E-state index in [9.17, 15) is 9.59 Å². The number of amides is 2. The maximum Gasteiger partial charge on any atom is 0.293 e. The Morgan fingerprint density at radius 1 is 0.951 bits per heavy atom. The molecule has 2 amide bonds. The molecule has 0 atom stereocenters. The van der Waals surface area contributed by atoms with Gasteiger partial charge in [-0.05, 0) is 71.1 Å². The molecule has 1 fully saturated rings. The lowest BCUT2D eigenvalue weighted by atomic mass is 10.0. The molecule has 208 valence electrons. The van der Waals surface area contributed by atoms with Gasteiger partial charge in [0.1, 0.15) is 19.0 Å². The van der Waals surface area contributed by atoms with Crippen molar-refractivity contribution in [2.45, 2.75) is 13.0 Å². The number of carbonyl (C=O) groups is 2. The summed E-state index contributed by atoms with van der Waals surface area (Å²) in [5.41, 5.74) is 2.53. The van der Waals surface area contributed by atoms with Crippen molar-refractivity contribution >= 4 is 51.4 Å². The van der Waals surface area contributed by atoms with Crippen molar-refractivity contribution in [1.29, 1.82) is 0 Å². The average Bonchev–Trinajstić information content (AvgIpc) is 3.24. The van der Waals surface area contributed by atoms with Gasteiger partial charge in [0.05, 0.1) is 18.6 Å². The molecule has 0 spiro atoms. The number of hydrogen-bond donors (Lipinski definition) is 0. The Bertz CT molecular complexity index is 1630. The molecule has 41 heavy (non-hydrogen) atoms. The van der Waals surface area contributed by atoms with Crippen LogP contribution in [0.1, 0.15) is 16.7 Å². The van der Waals surface area contributed by atoms with Crippen molar-refractivity contribution in [3.63, 3.8) is 0 Å². The van der Waals surface area contributed by atoms with Crippen molar-refractivity contribution in [1.82, 2.24) is 4.90 Å². The fourth-order valence-electron chi connectivity index (χ4n) is 4.54. The minimum absolute atomic E-state index is 0.147. The van der Waals surface area contributed by atoms with Crippen LogP contribution >= 0.6 is 23.4 Å². The maximum atomic E-state index is 13.2. The van der Waals surface area contributed by atoms with E-state index >= 15 is 0 Å². The fourth-order valence-corrected chi connectivity index (χ4v) is 5.53. The summed E-state index contributed by atoms with van der Waals surface area (Å²) in [5.74, 6) is 1.48. The van der Waals surface area contributed by atoms with Gasteiger partial charge in [0.15, 0.2) is 11.5 Å². The quantitative estimate of drug-likeness (QED) is 0.132. The molecule has 5 rings (SSSR count). The molecule has 1 heterocycles. The van der Waals surface area contributed by atoms with E-state index in [1.165, 1.54) is 4.90 Å². The first kappa shape index (κ1) is 28.3. The molecule has 0 unspecified atom stereocenters. The van der Waals surface area contributed by atoms with Gasteiger partial charge in [-0.2, -0.15) is 0 Å². The molecule has 6 nitrogen and oxygen atoms in total. The summed E-state index contributed by atoms with van der Waals surface area (Å²) < 4.78 is 17.7. The lowest BCUT2D eigenvalue weighted by molar-refractivity contribution is -0.123. The third-order valence-corrected chi connectivity index (χ3v) is 7.69. The number of ether oxygens (including phenoxy) is 3. The predicted octanol–water partition coefficient (Wildman–Crippen LogP) is 7.92. The number of hydrogen-bond acceptors (Lipinski definition) is 6. The zero-order chi connectivity index (χ0) is 28.8. The number of methoxy groups -OCH3 is 1. The number of benzene rings is 4. The van der Waals surface area contributed by atoms with Gasteiger partial charge in [0.2, 0.25) is 0 Å². The Kier molecular flexibility index (Phi) is 8.97. The highest BCUT2D eigenvalue weighted by molar-refractivity contribution is 8.18. The second-order valence-corrected chi connectivity index (χ2v) is 10.7. The highest BCUT2D eigenvalue weighted by atomic mass is 35.5. The zero-order valence-electron chi connectivity index (χ0n) is 22.5. The summed E-state index contributed by atoms with van der Waals surface area (Å²) in [6.45, 7) is 4.53. The molecule has 0 aromatic heterocycles. The van der Waals surface area contributed by atoms with Gasteiger partial charge in [-0.3, -0.25) is 14.5 Å². The predicted molar refractivity (Wildman–Crippen MR) is 165 cm³/mol. The highest BCUT2D eigenvalue weighted by Gasteiger charge is 2.35. The van der Waals surface area contributed by atoms with Crippen LogP contribution in [0.5, 0.6) is 17.2 Å². The van der Waals surface area contributed by atoms with Crippen LogP contribution in [0, 0.1) is 0 Å². The number of thioether (sulfide) groups is 1. The molecular formula is C33H28ClNO5S. The van der Waals surface area contributed by atoms with Gasteiger partial charge in [0.25, 0.3) is 11.1 Å². The Labute approximate surface area is 248 Å². The molecule has 0 bridgehead atoms. The number of rotatable bonds is 11. The molecule has 8 heteroatoms. The number of allylic oxidation sites excluding steroid dienone is 1. The number of halogens is 1. The molecule has 4 aromatic carbocycles. The minimum atomic E-state index is -0.353. The van der Waals surface area contributed by atoms with Crippen molar-refractivity contribution in [3.8, 4) is 17.2 Å². The molecule has 0 saturated carbocycles. The molecule has 0 N–H and O–H groups in total. The standard InChI is InChI=1S/C33H28ClNO5S/c1-3-7-25-18-23(19-29(38-2)31(25)40-21-22-12-14-26(34)15-13-22)20-30-32(36)35(33(37)41-30)16-17-39-28-11-6-9-24-8-4-5-10-27(24)28/h3-6,8-15,18-20H,1,7,16-17,21H2,2H3/b30-20-. The van der Waals surface area contributed by atoms with Gasteiger partial charge in [0, 0.05) is 16.0 Å². The van der Waals surface area contributed by atoms with E-state index in [4.69, 9.17) is 25.8 Å². The van der Waals surface area contributed by atoms with E-state index in [0.29, 0.717) is 40.2 Å². The fraction of sp³-hybridized carbons (Fsp3) is 0.152. The Morgan fingerprint density at radius 3 is 2.51 bits per heavy atom. The zero-order valence-corrected chi connectivity index (χ0v) is 24.0. The van der Waals surface area contributed by atoms with E-state index in [-0.39, 0.29) is 24.3 Å². The number of fused-ring (bicyclic) bond motifs is 1. The normalized spacial score (nSPS) is 14.1. The van der Waals surface area contributed by atoms with Crippen LogP contribution < -0.4 is 14.2 Å². The second-order valence-electron chi connectivity index (χ2n) is 9.28. The highest BCUT2D eigenvalue weighted by Crippen LogP contribution is 2.37. The Morgan fingerprint density at radius 2 is 1.73 bits per heavy atom. The average molecular weight is 586 g/mol. The second kappa shape index (κ2) is 13.0. The number of imide groups is 1. The molecule has 1 saturated heterocycles. The van der Waals surface area contributed by atoms with Crippen molar-refractivity contribution in [2.75, 3.05) is 20.3 Å². The van der Waals surface area contributed by atoms with E-state index < -0.39 is 0 Å². The van der Waals surface area contributed by atoms with E-state index in [1.807, 2.05) is 72.8 Å². The van der Waals surface area contributed by atoms with E-state index in [1.54, 1.807) is 25.3 Å². The monoisotopic (exact) mass is 585 g/mol. The first-order chi connectivity index (χ1) is 20.0. The number of carbonyl (C=O) groups excluding carboxylic acids is 2. The van der Waals surface area contributed by atoms with Crippen LogP contribution in [0.3, 0.4) is 0 Å². The van der Waals surface area contributed by atoms with Crippen LogP contribution in [0.15, 0.2) is 96.4 Å². The molecule has 0 aliphatic carbocycles. The Hall–Kier alpha value is -4.20. The van der Waals surface area contributed by atoms with Gasteiger partial charge in [-0.1, -0.05) is 66.2 Å². The first-order valence-corrected chi connectivity index (χ1v) is 14.2. The third-order valence-electron chi connectivity index (χ3n) is 6.53. The first-order valence-electron chi connectivity index (χ1n) is 13.0. The molecule has 1 aliphatic rings. The summed E-state index contributed by atoms with van der Waals surface area (Å²) in [5, 5.41) is 2.37. The van der Waals surface area contributed by atoms with Gasteiger partial charge in [-0.25, -0.2) is 0 Å². The van der Waals surface area contributed by atoms with Crippen LogP contribution in [-0.4, -0.2) is 36.3 Å². The molecule has 1 aliphatic heterocycles. The van der Waals surface area contributed by atoms with Crippen LogP contribution in [-0.2, 0) is 17.8 Å². The SMILES string of the molecule is C=CCc1cc(/C=C2\SC(=O)N(CCOc3cccc4ccccc34)C2=O)cc(OC)c1OCc1ccc(Cl)cc1. The summed E-state index contributed by atoms with van der Waals surface area (Å²) >= 11 is 6.91. The molecule has 0 radical (unpaired) electrons. The van der Waals surface area contributed by atoms with Gasteiger partial charge >= 0.3 is 0 Å². The molecule has 4 aromatic rings. The summed E-state index contributed by atoms with van der Waals surface area (Å²) in [6, 6.07) is 24.9. The largest absolute Gasteiger partial charge is 0.493 e. The number of nitrogens with zero attached hydrogens (tertiary/aromatic N) is 1. The smallest absolute Gasteiger partial charge is 0.293 e. The molecular weight excluding hydrogens is 558 g/mol. The van der Waals surface area contributed by atoms with Crippen molar-refractivity contribution in [3.05, 3.63) is 118 Å². The topological polar surface area (TPSA) is 65.1 Å².